The molecule has 17 heavy (non-hydrogen) atoms. The third kappa shape index (κ3) is 3.26. The van der Waals surface area contributed by atoms with E-state index in [1.165, 1.54) is 18.9 Å². The summed E-state index contributed by atoms with van der Waals surface area (Å²) in [6.07, 6.45) is 2.55. The van der Waals surface area contributed by atoms with Gasteiger partial charge < -0.3 is 15.4 Å². The van der Waals surface area contributed by atoms with Gasteiger partial charge in [-0.2, -0.15) is 4.68 Å². The SMILES string of the molecule is Cc1cc([N+](=O)[O-])nn1CC(C)CNC1CC1. The molecule has 1 unspecified atom stereocenters. The van der Waals surface area contributed by atoms with Gasteiger partial charge in [-0.25, -0.2) is 0 Å². The summed E-state index contributed by atoms with van der Waals surface area (Å²) in [6.45, 7) is 5.64. The van der Waals surface area contributed by atoms with Crippen LogP contribution in [0.2, 0.25) is 0 Å². The number of nitrogens with one attached hydrogen (secondary N) is 1. The minimum absolute atomic E-state index is 0.0650. The molecular formula is C11H18N4O2. The number of hydrogen-bond donors (Lipinski definition) is 1. The molecule has 0 bridgehead atoms. The van der Waals surface area contributed by atoms with E-state index in [-0.39, 0.29) is 5.82 Å². The van der Waals surface area contributed by atoms with Gasteiger partial charge in [0.1, 0.15) is 0 Å². The first-order valence-electron chi connectivity index (χ1n) is 5.98. The number of nitro groups is 1. The summed E-state index contributed by atoms with van der Waals surface area (Å²) in [5.74, 6) is 0.360. The van der Waals surface area contributed by atoms with Crippen molar-refractivity contribution in [3.8, 4) is 0 Å². The van der Waals surface area contributed by atoms with Crippen molar-refractivity contribution in [3.63, 3.8) is 0 Å². The Morgan fingerprint density at radius 2 is 2.41 bits per heavy atom. The summed E-state index contributed by atoms with van der Waals surface area (Å²) in [5, 5.41) is 18.0. The molecule has 1 aliphatic carbocycles. The fourth-order valence-corrected chi connectivity index (χ4v) is 1.78. The number of hydrogen-bond acceptors (Lipinski definition) is 4. The van der Waals surface area contributed by atoms with Crippen molar-refractivity contribution in [2.24, 2.45) is 5.92 Å². The smallest absolute Gasteiger partial charge is 0.358 e. The van der Waals surface area contributed by atoms with Gasteiger partial charge in [-0.1, -0.05) is 6.92 Å². The average Bonchev–Trinajstić information content (AvgIpc) is 3.02. The van der Waals surface area contributed by atoms with Gasteiger partial charge in [-0.05, 0) is 37.2 Å². The molecule has 2 rings (SSSR count). The zero-order valence-corrected chi connectivity index (χ0v) is 10.2. The molecule has 6 heteroatoms. The maximum atomic E-state index is 10.6. The van der Waals surface area contributed by atoms with Crippen LogP contribution in [-0.4, -0.2) is 27.3 Å². The van der Waals surface area contributed by atoms with E-state index >= 15 is 0 Å². The van der Waals surface area contributed by atoms with E-state index in [4.69, 9.17) is 0 Å². The van der Waals surface area contributed by atoms with Crippen LogP contribution >= 0.6 is 0 Å². The Labute approximate surface area is 100 Å². The second-order valence-electron chi connectivity index (χ2n) is 4.87. The summed E-state index contributed by atoms with van der Waals surface area (Å²) in [6, 6.07) is 2.21. The molecule has 1 fully saturated rings. The quantitative estimate of drug-likeness (QED) is 0.602. The Morgan fingerprint density at radius 1 is 1.71 bits per heavy atom. The molecule has 0 aliphatic heterocycles. The lowest BCUT2D eigenvalue weighted by Gasteiger charge is -2.11. The Bertz CT molecular complexity index is 412. The van der Waals surface area contributed by atoms with Crippen LogP contribution in [-0.2, 0) is 6.54 Å². The first-order valence-corrected chi connectivity index (χ1v) is 5.98. The van der Waals surface area contributed by atoms with Gasteiger partial charge >= 0.3 is 5.82 Å². The minimum Gasteiger partial charge on any atom is -0.358 e. The minimum atomic E-state index is -0.448. The van der Waals surface area contributed by atoms with Gasteiger partial charge in [-0.3, -0.25) is 0 Å². The van der Waals surface area contributed by atoms with Crippen molar-refractivity contribution >= 4 is 5.82 Å². The van der Waals surface area contributed by atoms with Crippen LogP contribution in [0.4, 0.5) is 5.82 Å². The second-order valence-corrected chi connectivity index (χ2v) is 4.87. The summed E-state index contributed by atoms with van der Waals surface area (Å²) < 4.78 is 1.72. The second kappa shape index (κ2) is 4.83. The van der Waals surface area contributed by atoms with E-state index < -0.39 is 4.92 Å². The predicted molar refractivity (Wildman–Crippen MR) is 63.8 cm³/mol. The highest BCUT2D eigenvalue weighted by molar-refractivity contribution is 5.20. The van der Waals surface area contributed by atoms with Crippen LogP contribution in [0.25, 0.3) is 0 Å². The maximum absolute atomic E-state index is 10.6. The van der Waals surface area contributed by atoms with Crippen LogP contribution in [0.15, 0.2) is 6.07 Å². The lowest BCUT2D eigenvalue weighted by atomic mass is 10.2. The van der Waals surface area contributed by atoms with E-state index in [1.807, 2.05) is 6.92 Å². The van der Waals surface area contributed by atoms with E-state index in [0.29, 0.717) is 12.0 Å². The number of nitrogens with zero attached hydrogens (tertiary/aromatic N) is 3. The van der Waals surface area contributed by atoms with Crippen LogP contribution in [0.3, 0.4) is 0 Å². The highest BCUT2D eigenvalue weighted by Crippen LogP contribution is 2.19. The largest absolute Gasteiger partial charge is 0.390 e. The van der Waals surface area contributed by atoms with E-state index in [0.717, 1.165) is 18.8 Å². The molecule has 0 aromatic carbocycles. The number of aromatic nitrogens is 2. The van der Waals surface area contributed by atoms with Crippen molar-refractivity contribution in [2.45, 2.75) is 39.3 Å². The lowest BCUT2D eigenvalue weighted by molar-refractivity contribution is -0.389. The highest BCUT2D eigenvalue weighted by Gasteiger charge is 2.22. The lowest BCUT2D eigenvalue weighted by Crippen LogP contribution is -2.26. The number of aryl methyl sites for hydroxylation is 1. The molecule has 6 nitrogen and oxygen atoms in total. The van der Waals surface area contributed by atoms with Crippen LogP contribution in [0, 0.1) is 23.0 Å². The number of rotatable bonds is 6. The molecule has 1 atom stereocenters. The summed E-state index contributed by atoms with van der Waals surface area (Å²) >= 11 is 0. The van der Waals surface area contributed by atoms with Crippen molar-refractivity contribution in [1.29, 1.82) is 0 Å². The van der Waals surface area contributed by atoms with Gasteiger partial charge in [0.2, 0.25) is 0 Å². The van der Waals surface area contributed by atoms with Gasteiger partial charge in [0.25, 0.3) is 0 Å². The molecule has 1 saturated carbocycles. The Balaban J connectivity index is 1.89. The fourth-order valence-electron chi connectivity index (χ4n) is 1.78. The third-order valence-corrected chi connectivity index (χ3v) is 2.97. The predicted octanol–water partition coefficient (Wildman–Crippen LogP) is 1.49. The zero-order chi connectivity index (χ0) is 12.4. The van der Waals surface area contributed by atoms with Gasteiger partial charge in [0.15, 0.2) is 0 Å². The van der Waals surface area contributed by atoms with E-state index in [9.17, 15) is 10.1 Å². The summed E-state index contributed by atoms with van der Waals surface area (Å²) in [7, 11) is 0. The van der Waals surface area contributed by atoms with Crippen LogP contribution < -0.4 is 5.32 Å². The van der Waals surface area contributed by atoms with E-state index in [2.05, 4.69) is 17.3 Å². The molecule has 1 heterocycles. The fraction of sp³-hybridized carbons (Fsp3) is 0.727. The topological polar surface area (TPSA) is 73.0 Å². The molecule has 94 valence electrons. The van der Waals surface area contributed by atoms with Crippen molar-refractivity contribution in [3.05, 3.63) is 21.9 Å². The molecule has 1 N–H and O–H groups in total. The monoisotopic (exact) mass is 238 g/mol. The molecule has 1 aliphatic rings. The van der Waals surface area contributed by atoms with Crippen molar-refractivity contribution in [2.75, 3.05) is 6.54 Å². The highest BCUT2D eigenvalue weighted by atomic mass is 16.6. The molecular weight excluding hydrogens is 220 g/mol. The van der Waals surface area contributed by atoms with Crippen LogP contribution in [0.1, 0.15) is 25.5 Å². The molecule has 0 spiro atoms. The first kappa shape index (κ1) is 12.0. The zero-order valence-electron chi connectivity index (χ0n) is 10.2. The normalized spacial score (nSPS) is 17.1. The summed E-state index contributed by atoms with van der Waals surface area (Å²) in [5.41, 5.74) is 0.843. The van der Waals surface area contributed by atoms with E-state index in [1.54, 1.807) is 4.68 Å². The standard InChI is InChI=1S/C11H18N4O2/c1-8(6-12-10-3-4-10)7-14-9(2)5-11(13-14)15(16)17/h5,8,10,12H,3-4,6-7H2,1-2H3. The third-order valence-electron chi connectivity index (χ3n) is 2.97. The molecule has 0 saturated heterocycles. The van der Waals surface area contributed by atoms with Crippen molar-refractivity contribution in [1.82, 2.24) is 15.1 Å². The molecule has 1 aromatic heterocycles. The summed E-state index contributed by atoms with van der Waals surface area (Å²) in [4.78, 5) is 10.1. The maximum Gasteiger partial charge on any atom is 0.390 e. The van der Waals surface area contributed by atoms with Gasteiger partial charge in [0.05, 0.1) is 23.4 Å². The van der Waals surface area contributed by atoms with Gasteiger partial charge in [-0.15, -0.1) is 0 Å². The van der Waals surface area contributed by atoms with Crippen LogP contribution in [0.5, 0.6) is 0 Å². The average molecular weight is 238 g/mol. The Hall–Kier alpha value is -1.43. The molecule has 0 radical (unpaired) electrons. The first-order chi connectivity index (χ1) is 8.06. The molecule has 0 amide bonds. The Morgan fingerprint density at radius 3 is 2.94 bits per heavy atom. The van der Waals surface area contributed by atoms with Crippen molar-refractivity contribution < 1.29 is 4.92 Å². The molecule has 1 aromatic rings. The Kier molecular flexibility index (Phi) is 3.42. The van der Waals surface area contributed by atoms with Gasteiger partial charge in [0, 0.05) is 6.04 Å².